The summed E-state index contributed by atoms with van der Waals surface area (Å²) in [6, 6.07) is 0. The molecule has 0 bridgehead atoms. The van der Waals surface area contributed by atoms with Gasteiger partial charge in [-0.2, -0.15) is 0 Å². The second kappa shape index (κ2) is 7.27. The summed E-state index contributed by atoms with van der Waals surface area (Å²) in [5, 5.41) is 3.50. The number of hydrogen-bond donors (Lipinski definition) is 1. The average molecular weight is 254 g/mol. The highest BCUT2D eigenvalue weighted by Crippen LogP contribution is 2.17. The molecular formula is C15H30N2O. The van der Waals surface area contributed by atoms with Crippen LogP contribution in [0.25, 0.3) is 0 Å². The minimum Gasteiger partial charge on any atom is -0.384 e. The lowest BCUT2D eigenvalue weighted by atomic mass is 9.98. The van der Waals surface area contributed by atoms with E-state index < -0.39 is 0 Å². The van der Waals surface area contributed by atoms with Crippen molar-refractivity contribution in [2.75, 3.05) is 39.9 Å². The molecule has 1 rings (SSSR count). The fourth-order valence-electron chi connectivity index (χ4n) is 2.43. The van der Waals surface area contributed by atoms with Crippen LogP contribution in [-0.2, 0) is 4.74 Å². The summed E-state index contributed by atoms with van der Waals surface area (Å²) < 4.78 is 5.27. The SMILES string of the molecule is C=C(CNC(C)(C)C)CN1CCCC(COC)C1. The van der Waals surface area contributed by atoms with E-state index in [4.69, 9.17) is 4.74 Å². The molecule has 0 aromatic rings. The minimum atomic E-state index is 0.170. The molecule has 0 aromatic heterocycles. The Hall–Kier alpha value is -0.380. The predicted octanol–water partition coefficient (Wildman–Crippen LogP) is 2.29. The van der Waals surface area contributed by atoms with Crippen molar-refractivity contribution in [3.63, 3.8) is 0 Å². The monoisotopic (exact) mass is 254 g/mol. The Kier molecular flexibility index (Phi) is 6.33. The molecule has 0 aliphatic carbocycles. The quantitative estimate of drug-likeness (QED) is 0.736. The molecule has 18 heavy (non-hydrogen) atoms. The Bertz CT molecular complexity index is 256. The molecule has 1 fully saturated rings. The predicted molar refractivity (Wildman–Crippen MR) is 77.9 cm³/mol. The summed E-state index contributed by atoms with van der Waals surface area (Å²) in [5.41, 5.74) is 1.45. The summed E-state index contributed by atoms with van der Waals surface area (Å²) in [4.78, 5) is 2.51. The number of nitrogens with zero attached hydrogens (tertiary/aromatic N) is 1. The fourth-order valence-corrected chi connectivity index (χ4v) is 2.43. The molecule has 0 amide bonds. The van der Waals surface area contributed by atoms with E-state index in [1.807, 2.05) is 0 Å². The number of methoxy groups -OCH3 is 1. The van der Waals surface area contributed by atoms with E-state index in [1.54, 1.807) is 7.11 Å². The summed E-state index contributed by atoms with van der Waals surface area (Å²) >= 11 is 0. The Labute approximate surface area is 113 Å². The zero-order valence-electron chi connectivity index (χ0n) is 12.6. The molecule has 1 atom stereocenters. The van der Waals surface area contributed by atoms with Gasteiger partial charge in [0.15, 0.2) is 0 Å². The van der Waals surface area contributed by atoms with Gasteiger partial charge in [0.05, 0.1) is 6.61 Å². The van der Waals surface area contributed by atoms with E-state index in [1.165, 1.54) is 25.0 Å². The Morgan fingerprint density at radius 2 is 2.17 bits per heavy atom. The standard InChI is InChI=1S/C15H30N2O/c1-13(9-16-15(2,3)4)10-17-8-6-7-14(11-17)12-18-5/h14,16H,1,6-12H2,2-5H3. The highest BCUT2D eigenvalue weighted by Gasteiger charge is 2.20. The van der Waals surface area contributed by atoms with Crippen LogP contribution in [0.5, 0.6) is 0 Å². The average Bonchev–Trinajstić information content (AvgIpc) is 2.26. The van der Waals surface area contributed by atoms with E-state index in [9.17, 15) is 0 Å². The van der Waals surface area contributed by atoms with E-state index >= 15 is 0 Å². The van der Waals surface area contributed by atoms with Crippen molar-refractivity contribution < 1.29 is 4.74 Å². The summed E-state index contributed by atoms with van der Waals surface area (Å²) in [5.74, 6) is 0.701. The van der Waals surface area contributed by atoms with Crippen LogP contribution < -0.4 is 5.32 Å². The molecule has 0 aromatic carbocycles. The van der Waals surface area contributed by atoms with Crippen LogP contribution in [-0.4, -0.2) is 50.3 Å². The molecule has 3 heteroatoms. The second-order valence-electron chi connectivity index (χ2n) is 6.55. The van der Waals surface area contributed by atoms with E-state index in [0.29, 0.717) is 5.92 Å². The maximum atomic E-state index is 5.27. The van der Waals surface area contributed by atoms with Gasteiger partial charge >= 0.3 is 0 Å². The third kappa shape index (κ3) is 6.53. The lowest BCUT2D eigenvalue weighted by Gasteiger charge is -2.33. The molecule has 0 radical (unpaired) electrons. The van der Waals surface area contributed by atoms with Crippen LogP contribution in [0, 0.1) is 5.92 Å². The normalized spacial score (nSPS) is 22.1. The summed E-state index contributed by atoms with van der Waals surface area (Å²) in [7, 11) is 1.80. The summed E-state index contributed by atoms with van der Waals surface area (Å²) in [6.07, 6.45) is 2.59. The molecule has 1 aliphatic rings. The van der Waals surface area contributed by atoms with Crippen molar-refractivity contribution in [3.8, 4) is 0 Å². The van der Waals surface area contributed by atoms with Gasteiger partial charge in [-0.1, -0.05) is 6.58 Å². The second-order valence-corrected chi connectivity index (χ2v) is 6.55. The zero-order valence-corrected chi connectivity index (χ0v) is 12.6. The minimum absolute atomic E-state index is 0.170. The highest BCUT2D eigenvalue weighted by atomic mass is 16.5. The van der Waals surface area contributed by atoms with Gasteiger partial charge in [-0.15, -0.1) is 0 Å². The van der Waals surface area contributed by atoms with Gasteiger partial charge in [0, 0.05) is 32.3 Å². The van der Waals surface area contributed by atoms with Gasteiger partial charge in [-0.25, -0.2) is 0 Å². The number of nitrogens with one attached hydrogen (secondary N) is 1. The van der Waals surface area contributed by atoms with Gasteiger partial charge in [0.25, 0.3) is 0 Å². The smallest absolute Gasteiger partial charge is 0.0502 e. The van der Waals surface area contributed by atoms with Gasteiger partial charge < -0.3 is 10.1 Å². The number of piperidine rings is 1. The highest BCUT2D eigenvalue weighted by molar-refractivity contribution is 5.01. The number of ether oxygens (including phenoxy) is 1. The molecule has 0 saturated carbocycles. The molecule has 1 aliphatic heterocycles. The van der Waals surface area contributed by atoms with Crippen molar-refractivity contribution in [3.05, 3.63) is 12.2 Å². The molecule has 1 N–H and O–H groups in total. The molecule has 1 unspecified atom stereocenters. The Morgan fingerprint density at radius 3 is 2.78 bits per heavy atom. The van der Waals surface area contributed by atoms with Crippen LogP contribution in [0.2, 0.25) is 0 Å². The van der Waals surface area contributed by atoms with Crippen LogP contribution >= 0.6 is 0 Å². The molecule has 0 spiro atoms. The maximum absolute atomic E-state index is 5.27. The van der Waals surface area contributed by atoms with Gasteiger partial charge in [0.2, 0.25) is 0 Å². The summed E-state index contributed by atoms with van der Waals surface area (Å²) in [6.45, 7) is 15.9. The lowest BCUT2D eigenvalue weighted by Crippen LogP contribution is -2.41. The van der Waals surface area contributed by atoms with Crippen molar-refractivity contribution in [1.82, 2.24) is 10.2 Å². The van der Waals surface area contributed by atoms with Crippen molar-refractivity contribution in [2.24, 2.45) is 5.92 Å². The third-order valence-corrected chi connectivity index (χ3v) is 3.32. The first-order valence-electron chi connectivity index (χ1n) is 7.03. The Morgan fingerprint density at radius 1 is 1.44 bits per heavy atom. The number of hydrogen-bond acceptors (Lipinski definition) is 3. The number of likely N-dealkylation sites (tertiary alicyclic amines) is 1. The molecule has 3 nitrogen and oxygen atoms in total. The van der Waals surface area contributed by atoms with Gasteiger partial charge in [-0.3, -0.25) is 4.90 Å². The first-order chi connectivity index (χ1) is 8.40. The van der Waals surface area contributed by atoms with Crippen molar-refractivity contribution in [1.29, 1.82) is 0 Å². The first kappa shape index (κ1) is 15.7. The van der Waals surface area contributed by atoms with Gasteiger partial charge in [-0.05, 0) is 51.6 Å². The zero-order chi connectivity index (χ0) is 13.6. The fraction of sp³-hybridized carbons (Fsp3) is 0.867. The Balaban J connectivity index is 2.26. The van der Waals surface area contributed by atoms with E-state index in [-0.39, 0.29) is 5.54 Å². The van der Waals surface area contributed by atoms with Gasteiger partial charge in [0.1, 0.15) is 0 Å². The number of rotatable bonds is 6. The molecule has 1 heterocycles. The molecular weight excluding hydrogens is 224 g/mol. The van der Waals surface area contributed by atoms with Crippen LogP contribution in [0.3, 0.4) is 0 Å². The molecule has 1 saturated heterocycles. The van der Waals surface area contributed by atoms with Crippen LogP contribution in [0.4, 0.5) is 0 Å². The van der Waals surface area contributed by atoms with E-state index in [0.717, 1.165) is 26.2 Å². The third-order valence-electron chi connectivity index (χ3n) is 3.32. The molecule has 106 valence electrons. The van der Waals surface area contributed by atoms with Crippen LogP contribution in [0.15, 0.2) is 12.2 Å². The first-order valence-corrected chi connectivity index (χ1v) is 7.03. The van der Waals surface area contributed by atoms with Crippen LogP contribution in [0.1, 0.15) is 33.6 Å². The topological polar surface area (TPSA) is 24.5 Å². The lowest BCUT2D eigenvalue weighted by molar-refractivity contribution is 0.0946. The largest absolute Gasteiger partial charge is 0.384 e. The van der Waals surface area contributed by atoms with Crippen molar-refractivity contribution in [2.45, 2.75) is 39.2 Å². The van der Waals surface area contributed by atoms with E-state index in [2.05, 4.69) is 37.6 Å². The van der Waals surface area contributed by atoms with Crippen molar-refractivity contribution >= 4 is 0 Å². The maximum Gasteiger partial charge on any atom is 0.0502 e.